The van der Waals surface area contributed by atoms with Crippen LogP contribution in [0.5, 0.6) is 0 Å². The van der Waals surface area contributed by atoms with Crippen LogP contribution >= 0.6 is 22.9 Å². The zero-order chi connectivity index (χ0) is 13.0. The first-order valence-electron chi connectivity index (χ1n) is 5.71. The van der Waals surface area contributed by atoms with Crippen LogP contribution in [0, 0.1) is 5.82 Å². The molecule has 0 bridgehead atoms. The average molecular weight is 285 g/mol. The molecule has 5 heteroatoms. The van der Waals surface area contributed by atoms with Crippen LogP contribution in [0.25, 0.3) is 0 Å². The highest BCUT2D eigenvalue weighted by atomic mass is 35.5. The third-order valence-corrected chi connectivity index (χ3v) is 3.95. The monoisotopic (exact) mass is 284 g/mol. The molecule has 1 N–H and O–H groups in total. The summed E-state index contributed by atoms with van der Waals surface area (Å²) in [5, 5.41) is 6.54. The molecule has 1 unspecified atom stereocenters. The number of benzene rings is 1. The van der Waals surface area contributed by atoms with Crippen molar-refractivity contribution >= 4 is 22.9 Å². The Labute approximate surface area is 115 Å². The highest BCUT2D eigenvalue weighted by Gasteiger charge is 2.07. The Morgan fingerprint density at radius 2 is 2.33 bits per heavy atom. The van der Waals surface area contributed by atoms with E-state index in [1.54, 1.807) is 17.4 Å². The Hall–Kier alpha value is -0.970. The molecule has 2 rings (SSSR count). The lowest BCUT2D eigenvalue weighted by molar-refractivity contribution is 0.601. The highest BCUT2D eigenvalue weighted by molar-refractivity contribution is 7.09. The lowest BCUT2D eigenvalue weighted by Gasteiger charge is -2.10. The normalized spacial score (nSPS) is 12.6. The van der Waals surface area contributed by atoms with Crippen LogP contribution in [0.2, 0.25) is 5.02 Å². The van der Waals surface area contributed by atoms with Crippen molar-refractivity contribution in [2.75, 3.05) is 6.54 Å². The van der Waals surface area contributed by atoms with Crippen molar-refractivity contribution < 1.29 is 4.39 Å². The van der Waals surface area contributed by atoms with Crippen LogP contribution in [0.3, 0.4) is 0 Å². The first kappa shape index (κ1) is 13.5. The molecule has 0 aliphatic carbocycles. The smallest absolute Gasteiger partial charge is 0.142 e. The molecule has 18 heavy (non-hydrogen) atoms. The third kappa shape index (κ3) is 3.51. The predicted molar refractivity (Wildman–Crippen MR) is 73.6 cm³/mol. The van der Waals surface area contributed by atoms with E-state index >= 15 is 0 Å². The molecule has 0 radical (unpaired) electrons. The van der Waals surface area contributed by atoms with Gasteiger partial charge in [-0.25, -0.2) is 9.37 Å². The summed E-state index contributed by atoms with van der Waals surface area (Å²) in [6.45, 7) is 3.57. The number of aromatic nitrogens is 1. The number of halogens is 2. The second-order valence-electron chi connectivity index (χ2n) is 4.15. The number of hydrogen-bond donors (Lipinski definition) is 1. The van der Waals surface area contributed by atoms with Crippen LogP contribution in [0.1, 0.15) is 23.4 Å². The highest BCUT2D eigenvalue weighted by Crippen LogP contribution is 2.17. The number of hydrogen-bond acceptors (Lipinski definition) is 3. The van der Waals surface area contributed by atoms with Gasteiger partial charge >= 0.3 is 0 Å². The van der Waals surface area contributed by atoms with Gasteiger partial charge in [0.05, 0.1) is 10.0 Å². The Bertz CT molecular complexity index is 502. The van der Waals surface area contributed by atoms with E-state index in [9.17, 15) is 4.39 Å². The van der Waals surface area contributed by atoms with Gasteiger partial charge in [0.2, 0.25) is 0 Å². The third-order valence-electron chi connectivity index (χ3n) is 2.64. The fraction of sp³-hybridized carbons (Fsp3) is 0.308. The van der Waals surface area contributed by atoms with Gasteiger partial charge in [0.1, 0.15) is 5.82 Å². The number of nitrogens with zero attached hydrogens (tertiary/aromatic N) is 1. The van der Waals surface area contributed by atoms with Crippen LogP contribution in [0.15, 0.2) is 29.8 Å². The van der Waals surface area contributed by atoms with Crippen LogP contribution in [0.4, 0.5) is 4.39 Å². The van der Waals surface area contributed by atoms with Crippen molar-refractivity contribution in [2.24, 2.45) is 0 Å². The molecule has 0 amide bonds. The van der Waals surface area contributed by atoms with Crippen LogP contribution < -0.4 is 5.32 Å². The molecular weight excluding hydrogens is 271 g/mol. The minimum absolute atomic E-state index is 0.162. The first-order valence-corrected chi connectivity index (χ1v) is 6.96. The van der Waals surface area contributed by atoms with E-state index in [2.05, 4.69) is 17.2 Å². The van der Waals surface area contributed by atoms with E-state index in [0.29, 0.717) is 12.5 Å². The summed E-state index contributed by atoms with van der Waals surface area (Å²) in [6, 6.07) is 4.87. The average Bonchev–Trinajstić information content (AvgIpc) is 2.87. The van der Waals surface area contributed by atoms with Gasteiger partial charge < -0.3 is 5.32 Å². The van der Waals surface area contributed by atoms with E-state index < -0.39 is 0 Å². The molecule has 0 aliphatic heterocycles. The molecule has 0 fully saturated rings. The van der Waals surface area contributed by atoms with E-state index in [-0.39, 0.29) is 10.8 Å². The second kappa shape index (κ2) is 6.27. The summed E-state index contributed by atoms with van der Waals surface area (Å²) in [5.74, 6) is -0.00825. The number of nitrogens with one attached hydrogen (secondary N) is 1. The van der Waals surface area contributed by atoms with Gasteiger partial charge in [-0.3, -0.25) is 0 Å². The van der Waals surface area contributed by atoms with Crippen molar-refractivity contribution in [3.63, 3.8) is 0 Å². The van der Waals surface area contributed by atoms with E-state index in [1.165, 1.54) is 6.07 Å². The molecule has 2 nitrogen and oxygen atoms in total. The van der Waals surface area contributed by atoms with Crippen molar-refractivity contribution in [1.29, 1.82) is 0 Å². The van der Waals surface area contributed by atoms with Crippen LogP contribution in [-0.2, 0) is 6.54 Å². The summed E-state index contributed by atoms with van der Waals surface area (Å²) in [6.07, 6.45) is 1.81. The maximum atomic E-state index is 13.2. The Kier molecular flexibility index (Phi) is 4.69. The number of rotatable bonds is 5. The summed E-state index contributed by atoms with van der Waals surface area (Å²) < 4.78 is 13.2. The summed E-state index contributed by atoms with van der Waals surface area (Å²) in [5.41, 5.74) is 0.892. The van der Waals surface area contributed by atoms with Gasteiger partial charge in [-0.2, -0.15) is 0 Å². The quantitative estimate of drug-likeness (QED) is 0.903. The summed E-state index contributed by atoms with van der Waals surface area (Å²) in [7, 11) is 0. The van der Waals surface area contributed by atoms with Gasteiger partial charge in [0.15, 0.2) is 0 Å². The van der Waals surface area contributed by atoms with E-state index in [0.717, 1.165) is 17.1 Å². The van der Waals surface area contributed by atoms with E-state index in [1.807, 2.05) is 17.6 Å². The Morgan fingerprint density at radius 3 is 3.00 bits per heavy atom. The Balaban J connectivity index is 1.83. The molecule has 0 spiro atoms. The molecule has 96 valence electrons. The van der Waals surface area contributed by atoms with Crippen molar-refractivity contribution in [1.82, 2.24) is 10.3 Å². The van der Waals surface area contributed by atoms with E-state index in [4.69, 9.17) is 11.6 Å². The minimum atomic E-state index is -0.371. The predicted octanol–water partition coefficient (Wildman–Crippen LogP) is 3.83. The molecule has 0 saturated carbocycles. The summed E-state index contributed by atoms with van der Waals surface area (Å²) in [4.78, 5) is 4.27. The molecular formula is C13H14ClFN2S. The van der Waals surface area contributed by atoms with Crippen LogP contribution in [-0.4, -0.2) is 11.5 Å². The topological polar surface area (TPSA) is 24.9 Å². The molecule has 1 aromatic heterocycles. The van der Waals surface area contributed by atoms with Crippen molar-refractivity contribution in [3.05, 3.63) is 51.2 Å². The van der Waals surface area contributed by atoms with Crippen molar-refractivity contribution in [3.8, 4) is 0 Å². The largest absolute Gasteiger partial charge is 0.312 e. The van der Waals surface area contributed by atoms with Gasteiger partial charge in [-0.15, -0.1) is 11.3 Å². The number of thiazole rings is 1. The summed E-state index contributed by atoms with van der Waals surface area (Å²) >= 11 is 7.28. The molecule has 2 aromatic rings. The lowest BCUT2D eigenvalue weighted by atomic mass is 10.2. The molecule has 1 atom stereocenters. The van der Waals surface area contributed by atoms with Gasteiger partial charge in [0, 0.05) is 30.6 Å². The molecule has 1 heterocycles. The zero-order valence-electron chi connectivity index (χ0n) is 9.99. The minimum Gasteiger partial charge on any atom is -0.312 e. The fourth-order valence-electron chi connectivity index (χ4n) is 1.65. The van der Waals surface area contributed by atoms with Gasteiger partial charge in [-0.1, -0.05) is 24.6 Å². The maximum absolute atomic E-state index is 13.2. The molecule has 0 saturated heterocycles. The van der Waals surface area contributed by atoms with Crippen molar-refractivity contribution in [2.45, 2.75) is 19.4 Å². The molecule has 0 aliphatic rings. The second-order valence-corrected chi connectivity index (χ2v) is 5.48. The SMILES string of the molecule is CC(CNCc1ccc(Cl)c(F)c1)c1nccs1. The van der Waals surface area contributed by atoms with Gasteiger partial charge in [-0.05, 0) is 17.7 Å². The standard InChI is InChI=1S/C13H14ClFN2S/c1-9(13-17-4-5-18-13)7-16-8-10-2-3-11(14)12(15)6-10/h2-6,9,16H,7-8H2,1H3. The lowest BCUT2D eigenvalue weighted by Crippen LogP contribution is -2.19. The van der Waals surface area contributed by atoms with Gasteiger partial charge in [0.25, 0.3) is 0 Å². The fourth-order valence-corrected chi connectivity index (χ4v) is 2.46. The molecule has 1 aromatic carbocycles. The Morgan fingerprint density at radius 1 is 1.50 bits per heavy atom. The first-order chi connectivity index (χ1) is 8.66. The zero-order valence-corrected chi connectivity index (χ0v) is 11.6. The maximum Gasteiger partial charge on any atom is 0.142 e.